The normalized spacial score (nSPS) is 15.7. The maximum Gasteiger partial charge on any atom is 0.310 e. The van der Waals surface area contributed by atoms with Crippen LogP contribution in [-0.4, -0.2) is 94.8 Å². The number of quaternary nitrogens is 1. The van der Waals surface area contributed by atoms with Crippen molar-refractivity contribution < 1.29 is 61.1 Å². The van der Waals surface area contributed by atoms with Gasteiger partial charge in [0.25, 0.3) is 7.82 Å². The van der Waals surface area contributed by atoms with Crippen LogP contribution in [0.25, 0.3) is 12.2 Å². The number of ether oxygens (including phenoxy) is 4. The fourth-order valence-electron chi connectivity index (χ4n) is 7.49. The number of esters is 2. The summed E-state index contributed by atoms with van der Waals surface area (Å²) >= 11 is 2.62. The molecule has 6 rings (SSSR count). The van der Waals surface area contributed by atoms with Crippen LogP contribution in [0.5, 0.6) is 11.5 Å². The average molecular weight is 1010 g/mol. The lowest BCUT2D eigenvalue weighted by Crippen LogP contribution is -2.37. The minimum atomic E-state index is -4.87. The number of phosphoric ester groups is 1. The number of nitrogens with zero attached hydrogens (tertiary/aromatic N) is 1. The van der Waals surface area contributed by atoms with E-state index in [0.29, 0.717) is 66.1 Å². The molecule has 0 saturated carbocycles. The number of allylic oxidation sites excluding steroid dienone is 2. The maximum absolute atomic E-state index is 13.8. The summed E-state index contributed by atoms with van der Waals surface area (Å²) in [5.74, 6) is -0.505. The van der Waals surface area contributed by atoms with E-state index in [1.54, 1.807) is 42.5 Å². The van der Waals surface area contributed by atoms with Crippen LogP contribution in [0.4, 0.5) is 0 Å². The zero-order valence-corrected chi connectivity index (χ0v) is 43.3. The smallest absolute Gasteiger partial charge is 0.310 e. The van der Waals surface area contributed by atoms with Gasteiger partial charge in [-0.05, 0) is 83.6 Å². The van der Waals surface area contributed by atoms with Crippen molar-refractivity contribution in [2.45, 2.75) is 94.0 Å². The van der Waals surface area contributed by atoms with E-state index in [-0.39, 0.29) is 31.0 Å². The van der Waals surface area contributed by atoms with Gasteiger partial charge < -0.3 is 37.4 Å². The van der Waals surface area contributed by atoms with Crippen molar-refractivity contribution in [1.82, 2.24) is 0 Å². The molecule has 2 aliphatic rings. The lowest BCUT2D eigenvalue weighted by atomic mass is 10.00. The number of unbranched alkanes of at least 4 members (excludes halogenated alkanes) is 6. The number of carbonyl (C=O) groups excluding carboxylic acids is 4. The van der Waals surface area contributed by atoms with Crippen LogP contribution in [0, 0.1) is 0 Å². The monoisotopic (exact) mass is 1010 g/mol. The second-order valence-electron chi connectivity index (χ2n) is 18.2. The predicted octanol–water partition coefficient (Wildman–Crippen LogP) is 10.7. The number of carbonyl (C=O) groups is 4. The van der Waals surface area contributed by atoms with Crippen LogP contribution < -0.4 is 14.4 Å². The quantitative estimate of drug-likeness (QED) is 0.0174. The molecule has 70 heavy (non-hydrogen) atoms. The standard InChI is InChI=1S/C54H64NO12PS2/c1-6-8-10-12-29-62-42-24-20-38(21-25-42)32-47-53(58)51-40(16-14-18-45(51)69-47)34-49(56)64-36-44(37-66-68(60,61)65-31-28-55(3,4)5)67-50(57)35-41-17-15-19-46-52(41)54(59)48(70-46)33-39-22-26-43(27-23-39)63-30-13-11-9-7-2/h14-27,32-33,44H,6-13,28-31,34-37H2,1-5H3/b47-32-,48-33+/t44-/m1/s1. The minimum absolute atomic E-state index is 0.153. The van der Waals surface area contributed by atoms with Gasteiger partial charge in [-0.2, -0.15) is 0 Å². The third-order valence-electron chi connectivity index (χ3n) is 11.3. The first-order chi connectivity index (χ1) is 33.6. The highest BCUT2D eigenvalue weighted by molar-refractivity contribution is 8.05. The molecule has 0 fully saturated rings. The van der Waals surface area contributed by atoms with Crippen LogP contribution in [0.3, 0.4) is 0 Å². The molecule has 16 heteroatoms. The molecule has 0 bridgehead atoms. The molecule has 0 amide bonds. The van der Waals surface area contributed by atoms with Crippen molar-refractivity contribution in [2.24, 2.45) is 0 Å². The lowest BCUT2D eigenvalue weighted by molar-refractivity contribution is -0.870. The Morgan fingerprint density at radius 3 is 1.59 bits per heavy atom. The molecule has 0 saturated heterocycles. The molecule has 2 atom stereocenters. The highest BCUT2D eigenvalue weighted by atomic mass is 32.2. The summed E-state index contributed by atoms with van der Waals surface area (Å²) in [5.41, 5.74) is 3.27. The van der Waals surface area contributed by atoms with Gasteiger partial charge >= 0.3 is 11.9 Å². The number of benzene rings is 4. The number of phosphoric acid groups is 1. The Labute approximate surface area is 420 Å². The molecule has 0 spiro atoms. The molecule has 0 aliphatic carbocycles. The number of fused-ring (bicyclic) bond motifs is 2. The molecule has 2 heterocycles. The Morgan fingerprint density at radius 2 is 1.11 bits per heavy atom. The molecule has 0 N–H and O–H groups in total. The van der Waals surface area contributed by atoms with E-state index in [9.17, 15) is 28.6 Å². The van der Waals surface area contributed by atoms with Gasteiger partial charge in [0, 0.05) is 20.9 Å². The van der Waals surface area contributed by atoms with Crippen LogP contribution >= 0.6 is 31.3 Å². The first-order valence-electron chi connectivity index (χ1n) is 23.9. The zero-order valence-electron chi connectivity index (χ0n) is 40.7. The molecule has 2 aliphatic heterocycles. The van der Waals surface area contributed by atoms with Gasteiger partial charge in [-0.25, -0.2) is 0 Å². The van der Waals surface area contributed by atoms with Gasteiger partial charge in [0.2, 0.25) is 11.6 Å². The fourth-order valence-corrected chi connectivity index (χ4v) is 10.4. The summed E-state index contributed by atoms with van der Waals surface area (Å²) in [6.07, 6.45) is 10.5. The zero-order chi connectivity index (χ0) is 50.1. The first kappa shape index (κ1) is 54.3. The van der Waals surface area contributed by atoms with E-state index in [2.05, 4.69) is 13.8 Å². The van der Waals surface area contributed by atoms with Crippen molar-refractivity contribution in [3.63, 3.8) is 0 Å². The molecule has 13 nitrogen and oxygen atoms in total. The minimum Gasteiger partial charge on any atom is -0.756 e. The van der Waals surface area contributed by atoms with Crippen molar-refractivity contribution >= 4 is 67.0 Å². The SMILES string of the molecule is CCCCCCOc1ccc(/C=C2\Sc3cccc(CC(=O)OC[C@H](COP(=O)([O-])OCC[N+](C)(C)C)OC(=O)Cc4cccc5c4C(=O)/C(=C\c4ccc(OCCCCCC)cc4)S5)c3C2=O)cc1. The van der Waals surface area contributed by atoms with Gasteiger partial charge in [0.15, 0.2) is 6.10 Å². The highest BCUT2D eigenvalue weighted by Crippen LogP contribution is 2.44. The Hall–Kier alpha value is -4.99. The Morgan fingerprint density at radius 1 is 0.629 bits per heavy atom. The average Bonchev–Trinajstić information content (AvgIpc) is 3.82. The summed E-state index contributed by atoms with van der Waals surface area (Å²) in [5, 5.41) is 0. The van der Waals surface area contributed by atoms with Crippen molar-refractivity contribution in [3.05, 3.63) is 128 Å². The van der Waals surface area contributed by atoms with E-state index in [4.69, 9.17) is 28.0 Å². The van der Waals surface area contributed by atoms with Crippen LogP contribution in [0.1, 0.15) is 108 Å². The van der Waals surface area contributed by atoms with E-state index in [1.807, 2.05) is 75.7 Å². The number of rotatable bonds is 28. The number of hydrogen-bond donors (Lipinski definition) is 0. The second-order valence-corrected chi connectivity index (χ2v) is 21.7. The fraction of sp³-hybridized carbons (Fsp3) is 0.407. The van der Waals surface area contributed by atoms with E-state index in [1.165, 1.54) is 36.4 Å². The van der Waals surface area contributed by atoms with Gasteiger partial charge in [0.05, 0.1) is 63.6 Å². The highest BCUT2D eigenvalue weighted by Gasteiger charge is 2.32. The van der Waals surface area contributed by atoms with E-state index < -0.39 is 39.1 Å². The summed E-state index contributed by atoms with van der Waals surface area (Å²) in [6.45, 7) is 4.56. The second kappa shape index (κ2) is 26.5. The number of Topliss-reactive ketones (excluding diaryl/α,β-unsaturated/α-hetero) is 2. The number of likely N-dealkylation sites (N-methyl/N-ethyl adjacent to an activating group) is 1. The van der Waals surface area contributed by atoms with E-state index in [0.717, 1.165) is 61.2 Å². The largest absolute Gasteiger partial charge is 0.756 e. The molecule has 0 radical (unpaired) electrons. The summed E-state index contributed by atoms with van der Waals surface area (Å²) in [7, 11) is 0.753. The Balaban J connectivity index is 1.08. The summed E-state index contributed by atoms with van der Waals surface area (Å²) in [4.78, 5) is 69.8. The van der Waals surface area contributed by atoms with Gasteiger partial charge in [0.1, 0.15) is 31.3 Å². The van der Waals surface area contributed by atoms with Crippen LogP contribution in [0.15, 0.2) is 105 Å². The molecule has 1 unspecified atom stereocenters. The molecular weight excluding hydrogens is 950 g/mol. The lowest BCUT2D eigenvalue weighted by Gasteiger charge is -2.28. The third-order valence-corrected chi connectivity index (χ3v) is 14.4. The van der Waals surface area contributed by atoms with Gasteiger partial charge in [-0.1, -0.05) is 124 Å². The predicted molar refractivity (Wildman–Crippen MR) is 272 cm³/mol. The van der Waals surface area contributed by atoms with Gasteiger partial charge in [-0.3, -0.25) is 23.7 Å². The number of ketones is 2. The molecular formula is C54H64NO12PS2. The Bertz CT molecular complexity index is 2550. The summed E-state index contributed by atoms with van der Waals surface area (Å²) in [6, 6.07) is 25.5. The Kier molecular flexibility index (Phi) is 20.5. The number of thioether (sulfide) groups is 2. The van der Waals surface area contributed by atoms with Gasteiger partial charge in [-0.15, -0.1) is 0 Å². The third kappa shape index (κ3) is 16.8. The van der Waals surface area contributed by atoms with Crippen molar-refractivity contribution in [1.29, 1.82) is 0 Å². The molecule has 0 aromatic heterocycles. The van der Waals surface area contributed by atoms with Crippen LogP contribution in [0.2, 0.25) is 0 Å². The molecule has 374 valence electrons. The topological polar surface area (TPSA) is 164 Å². The molecule has 4 aromatic carbocycles. The first-order valence-corrected chi connectivity index (χ1v) is 27.0. The number of hydrogen-bond acceptors (Lipinski definition) is 14. The van der Waals surface area contributed by atoms with Crippen molar-refractivity contribution in [2.75, 3.05) is 60.7 Å². The van der Waals surface area contributed by atoms with Crippen LogP contribution in [-0.2, 0) is 45.5 Å². The maximum atomic E-state index is 13.8. The van der Waals surface area contributed by atoms with Crippen molar-refractivity contribution in [3.8, 4) is 11.5 Å². The summed E-state index contributed by atoms with van der Waals surface area (Å²) < 4.78 is 46.5. The van der Waals surface area contributed by atoms with E-state index >= 15 is 0 Å². The molecule has 4 aromatic rings.